The van der Waals surface area contributed by atoms with Crippen LogP contribution in [-0.4, -0.2) is 52.8 Å². The number of urea groups is 1. The number of carbonyl (C=O) groups excluding carboxylic acids is 3. The lowest BCUT2D eigenvalue weighted by Crippen LogP contribution is -2.41. The molecule has 0 saturated carbocycles. The Morgan fingerprint density at radius 2 is 1.48 bits per heavy atom. The number of nitrogens with zero attached hydrogens (tertiary/aromatic N) is 3. The van der Waals surface area contributed by atoms with Crippen molar-refractivity contribution < 1.29 is 14.4 Å². The molecule has 1 saturated heterocycles. The molecule has 0 atom stereocenters. The zero-order valence-corrected chi connectivity index (χ0v) is 15.7. The highest BCUT2D eigenvalue weighted by molar-refractivity contribution is 6.44. The Morgan fingerprint density at radius 1 is 0.920 bits per heavy atom. The van der Waals surface area contributed by atoms with E-state index < -0.39 is 17.8 Å². The fourth-order valence-corrected chi connectivity index (χ4v) is 2.81. The Balaban J connectivity index is 1.99. The van der Waals surface area contributed by atoms with E-state index in [1.807, 2.05) is 25.8 Å². The molecular formula is C19H27N3O3. The lowest BCUT2D eigenvalue weighted by molar-refractivity contribution is -0.144. The van der Waals surface area contributed by atoms with E-state index in [-0.39, 0.29) is 19.1 Å². The molecule has 1 aromatic rings. The van der Waals surface area contributed by atoms with Gasteiger partial charge in [0, 0.05) is 13.1 Å². The molecule has 0 spiro atoms. The fourth-order valence-electron chi connectivity index (χ4n) is 2.81. The molecule has 0 N–H and O–H groups in total. The molecule has 6 heteroatoms. The van der Waals surface area contributed by atoms with Crippen molar-refractivity contribution in [1.29, 1.82) is 0 Å². The Hall–Kier alpha value is -2.21. The van der Waals surface area contributed by atoms with Gasteiger partial charge in [0.25, 0.3) is 0 Å². The summed E-state index contributed by atoms with van der Waals surface area (Å²) in [4.78, 5) is 40.4. The molecule has 1 aliphatic rings. The van der Waals surface area contributed by atoms with Gasteiger partial charge in [-0.25, -0.2) is 9.69 Å². The maximum absolute atomic E-state index is 12.4. The second kappa shape index (κ2) is 7.78. The summed E-state index contributed by atoms with van der Waals surface area (Å²) >= 11 is 0. The fraction of sp³-hybridized carbons (Fsp3) is 0.526. The number of imide groups is 2. The van der Waals surface area contributed by atoms with Crippen molar-refractivity contribution in [2.24, 2.45) is 5.92 Å². The molecule has 1 aromatic carbocycles. The third kappa shape index (κ3) is 4.45. The predicted octanol–water partition coefficient (Wildman–Crippen LogP) is 2.65. The molecule has 1 heterocycles. The van der Waals surface area contributed by atoms with Gasteiger partial charge in [0.1, 0.15) is 0 Å². The second-order valence-corrected chi connectivity index (χ2v) is 7.38. The third-order valence-electron chi connectivity index (χ3n) is 4.16. The lowest BCUT2D eigenvalue weighted by atomic mass is 10.0. The summed E-state index contributed by atoms with van der Waals surface area (Å²) in [6.45, 7) is 9.05. The number of rotatable bonds is 7. The topological polar surface area (TPSA) is 60.9 Å². The predicted molar refractivity (Wildman–Crippen MR) is 95.7 cm³/mol. The van der Waals surface area contributed by atoms with Crippen LogP contribution >= 0.6 is 0 Å². The molecule has 0 unspecified atom stereocenters. The summed E-state index contributed by atoms with van der Waals surface area (Å²) in [5.74, 6) is -0.872. The van der Waals surface area contributed by atoms with Gasteiger partial charge in [-0.15, -0.1) is 0 Å². The van der Waals surface area contributed by atoms with E-state index in [1.165, 1.54) is 5.56 Å². The zero-order valence-electron chi connectivity index (χ0n) is 15.7. The van der Waals surface area contributed by atoms with Crippen molar-refractivity contribution in [3.63, 3.8) is 0 Å². The number of hydrogen-bond donors (Lipinski definition) is 0. The molecule has 0 aromatic heterocycles. The van der Waals surface area contributed by atoms with Gasteiger partial charge in [0.15, 0.2) is 0 Å². The molecule has 1 aliphatic heterocycles. The first-order valence-corrected chi connectivity index (χ1v) is 8.65. The van der Waals surface area contributed by atoms with Crippen LogP contribution in [0, 0.1) is 5.92 Å². The van der Waals surface area contributed by atoms with Crippen molar-refractivity contribution in [3.8, 4) is 0 Å². The Kier molecular flexibility index (Phi) is 5.95. The molecule has 25 heavy (non-hydrogen) atoms. The third-order valence-corrected chi connectivity index (χ3v) is 4.16. The highest BCUT2D eigenvalue weighted by Crippen LogP contribution is 2.17. The summed E-state index contributed by atoms with van der Waals surface area (Å²) in [7, 11) is 1.83. The minimum absolute atomic E-state index is 0.101. The number of benzene rings is 1. The highest BCUT2D eigenvalue weighted by Gasteiger charge is 2.44. The van der Waals surface area contributed by atoms with E-state index in [9.17, 15) is 14.4 Å². The molecule has 0 radical (unpaired) electrons. The van der Waals surface area contributed by atoms with Gasteiger partial charge in [-0.3, -0.25) is 19.4 Å². The summed E-state index contributed by atoms with van der Waals surface area (Å²) in [5.41, 5.74) is 2.36. The largest absolute Gasteiger partial charge is 0.335 e. The van der Waals surface area contributed by atoms with Gasteiger partial charge in [0.2, 0.25) is 0 Å². The van der Waals surface area contributed by atoms with Crippen molar-refractivity contribution in [2.75, 3.05) is 20.3 Å². The highest BCUT2D eigenvalue weighted by atomic mass is 16.2. The lowest BCUT2D eigenvalue weighted by Gasteiger charge is -2.23. The van der Waals surface area contributed by atoms with Crippen molar-refractivity contribution in [3.05, 3.63) is 35.4 Å². The van der Waals surface area contributed by atoms with E-state index in [0.29, 0.717) is 12.5 Å². The molecule has 1 fully saturated rings. The molecule has 4 amide bonds. The minimum atomic E-state index is -0.743. The average molecular weight is 345 g/mol. The zero-order chi connectivity index (χ0) is 18.7. The monoisotopic (exact) mass is 345 g/mol. The van der Waals surface area contributed by atoms with Gasteiger partial charge in [-0.05, 0) is 30.0 Å². The number of amides is 4. The van der Waals surface area contributed by atoms with Gasteiger partial charge in [-0.2, -0.15) is 0 Å². The summed E-state index contributed by atoms with van der Waals surface area (Å²) in [6.07, 6.45) is 0. The summed E-state index contributed by atoms with van der Waals surface area (Å²) in [6, 6.07) is 7.76. The molecule has 0 bridgehead atoms. The normalized spacial score (nSPS) is 15.4. The van der Waals surface area contributed by atoms with Crippen LogP contribution in [0.3, 0.4) is 0 Å². The van der Waals surface area contributed by atoms with Crippen LogP contribution in [-0.2, 0) is 16.1 Å². The molecule has 2 rings (SSSR count). The smallest absolute Gasteiger partial charge is 0.284 e. The van der Waals surface area contributed by atoms with E-state index in [4.69, 9.17) is 0 Å². The quantitative estimate of drug-likeness (QED) is 0.563. The number of carbonyl (C=O) groups is 3. The Labute approximate surface area is 149 Å². The van der Waals surface area contributed by atoms with Crippen LogP contribution in [0.5, 0.6) is 0 Å². The maximum atomic E-state index is 12.4. The summed E-state index contributed by atoms with van der Waals surface area (Å²) in [5, 5.41) is 0. The first kappa shape index (κ1) is 19.1. The van der Waals surface area contributed by atoms with Crippen molar-refractivity contribution >= 4 is 17.8 Å². The second-order valence-electron chi connectivity index (χ2n) is 7.38. The Morgan fingerprint density at radius 3 is 2.00 bits per heavy atom. The van der Waals surface area contributed by atoms with Crippen LogP contribution in [0.25, 0.3) is 0 Å². The molecule has 0 aliphatic carbocycles. The SMILES string of the molecule is CC(C)CN1C(=O)C(=O)N(CN(C)Cc2ccc(C(C)C)cc2)C1=O. The first-order chi connectivity index (χ1) is 11.7. The van der Waals surface area contributed by atoms with Crippen LogP contribution in [0.15, 0.2) is 24.3 Å². The van der Waals surface area contributed by atoms with E-state index in [0.717, 1.165) is 15.4 Å². The van der Waals surface area contributed by atoms with Gasteiger partial charge < -0.3 is 0 Å². The maximum Gasteiger partial charge on any atom is 0.335 e. The first-order valence-electron chi connectivity index (χ1n) is 8.65. The minimum Gasteiger partial charge on any atom is -0.284 e. The molecule has 6 nitrogen and oxygen atoms in total. The standard InChI is InChI=1S/C19H27N3O3/c1-13(2)10-21-17(23)18(24)22(19(21)25)12-20(5)11-15-6-8-16(9-7-15)14(3)4/h6-9,13-14H,10-12H2,1-5H3. The number of hydrogen-bond acceptors (Lipinski definition) is 4. The van der Waals surface area contributed by atoms with Crippen molar-refractivity contribution in [2.45, 2.75) is 40.2 Å². The Bertz CT molecular complexity index is 652. The van der Waals surface area contributed by atoms with Gasteiger partial charge in [0.05, 0.1) is 6.67 Å². The van der Waals surface area contributed by atoms with E-state index >= 15 is 0 Å². The van der Waals surface area contributed by atoms with E-state index in [1.54, 1.807) is 0 Å². The summed E-state index contributed by atoms with van der Waals surface area (Å²) < 4.78 is 0. The van der Waals surface area contributed by atoms with Crippen LogP contribution < -0.4 is 0 Å². The van der Waals surface area contributed by atoms with Crippen molar-refractivity contribution in [1.82, 2.24) is 14.7 Å². The van der Waals surface area contributed by atoms with Crippen LogP contribution in [0.4, 0.5) is 4.79 Å². The van der Waals surface area contributed by atoms with Gasteiger partial charge >= 0.3 is 17.8 Å². The van der Waals surface area contributed by atoms with E-state index in [2.05, 4.69) is 38.1 Å². The van der Waals surface area contributed by atoms with Crippen LogP contribution in [0.1, 0.15) is 44.7 Å². The van der Waals surface area contributed by atoms with Crippen LogP contribution in [0.2, 0.25) is 0 Å². The van der Waals surface area contributed by atoms with Gasteiger partial charge in [-0.1, -0.05) is 52.0 Å². The molecule has 136 valence electrons. The average Bonchev–Trinajstić information content (AvgIpc) is 2.73. The molecular weight excluding hydrogens is 318 g/mol.